The Bertz CT molecular complexity index is 618. The van der Waals surface area contributed by atoms with E-state index in [0.717, 1.165) is 24.0 Å². The summed E-state index contributed by atoms with van der Waals surface area (Å²) in [5.41, 5.74) is 1.51. The van der Waals surface area contributed by atoms with Gasteiger partial charge in [-0.15, -0.1) is 0 Å². The lowest BCUT2D eigenvalue weighted by Crippen LogP contribution is -2.21. The Labute approximate surface area is 109 Å². The third-order valence-corrected chi connectivity index (χ3v) is 3.44. The van der Waals surface area contributed by atoms with Crippen LogP contribution >= 0.6 is 11.6 Å². The van der Waals surface area contributed by atoms with Crippen LogP contribution in [-0.4, -0.2) is 20.4 Å². The molecule has 2 aromatic rings. The van der Waals surface area contributed by atoms with Crippen molar-refractivity contribution in [3.05, 3.63) is 17.3 Å². The van der Waals surface area contributed by atoms with Crippen LogP contribution in [0.25, 0.3) is 11.2 Å². The number of hydrogen-bond donors (Lipinski definition) is 1. The first-order valence-electron chi connectivity index (χ1n) is 5.97. The number of nitrogens with one attached hydrogen (secondary N) is 1. The molecule has 1 aliphatic rings. The average molecular weight is 265 g/mol. The van der Waals surface area contributed by atoms with Crippen molar-refractivity contribution in [1.29, 1.82) is 0 Å². The zero-order chi connectivity index (χ0) is 12.7. The Hall–Kier alpha value is -1.62. The van der Waals surface area contributed by atoms with Crippen LogP contribution in [-0.2, 0) is 4.79 Å². The van der Waals surface area contributed by atoms with Crippen molar-refractivity contribution in [2.75, 3.05) is 5.32 Å². The number of pyridine rings is 1. The van der Waals surface area contributed by atoms with Gasteiger partial charge in [0, 0.05) is 13.0 Å². The monoisotopic (exact) mass is 264 g/mol. The van der Waals surface area contributed by atoms with E-state index in [0.29, 0.717) is 17.1 Å². The van der Waals surface area contributed by atoms with E-state index >= 15 is 0 Å². The highest BCUT2D eigenvalue weighted by molar-refractivity contribution is 6.29. The second-order valence-electron chi connectivity index (χ2n) is 4.55. The molecular formula is C12H13ClN4O. The second-order valence-corrected chi connectivity index (χ2v) is 4.94. The average Bonchev–Trinajstić information content (AvgIpc) is 2.54. The van der Waals surface area contributed by atoms with Gasteiger partial charge in [0.25, 0.3) is 0 Å². The van der Waals surface area contributed by atoms with Crippen LogP contribution in [0.1, 0.15) is 32.2 Å². The van der Waals surface area contributed by atoms with Crippen LogP contribution in [0.4, 0.5) is 5.95 Å². The van der Waals surface area contributed by atoms with Gasteiger partial charge < -0.3 is 0 Å². The third kappa shape index (κ3) is 1.84. The molecule has 0 bridgehead atoms. The molecule has 5 nitrogen and oxygen atoms in total. The molecule has 0 unspecified atom stereocenters. The number of carbonyl (C=O) groups is 1. The Kier molecular flexibility index (Phi) is 2.70. The summed E-state index contributed by atoms with van der Waals surface area (Å²) in [6.07, 6.45) is 3.38. The molecule has 6 heteroatoms. The van der Waals surface area contributed by atoms with Crippen molar-refractivity contribution >= 4 is 34.6 Å². The van der Waals surface area contributed by atoms with Gasteiger partial charge in [-0.1, -0.05) is 11.6 Å². The molecule has 1 aliphatic carbocycles. The zero-order valence-corrected chi connectivity index (χ0v) is 10.7. The normalized spacial score (nSPS) is 15.7. The molecule has 0 aliphatic heterocycles. The lowest BCUT2D eigenvalue weighted by molar-refractivity contribution is -0.114. The molecule has 0 atom stereocenters. The van der Waals surface area contributed by atoms with E-state index < -0.39 is 0 Å². The molecule has 0 saturated heterocycles. The highest BCUT2D eigenvalue weighted by Gasteiger charge is 2.25. The van der Waals surface area contributed by atoms with Crippen LogP contribution in [0.5, 0.6) is 0 Å². The minimum atomic E-state index is -0.128. The topological polar surface area (TPSA) is 59.8 Å². The van der Waals surface area contributed by atoms with Crippen molar-refractivity contribution < 1.29 is 4.79 Å². The largest absolute Gasteiger partial charge is 0.296 e. The van der Waals surface area contributed by atoms with Gasteiger partial charge in [0.1, 0.15) is 10.7 Å². The Morgan fingerprint density at radius 2 is 2.22 bits per heavy atom. The summed E-state index contributed by atoms with van der Waals surface area (Å²) < 4.78 is 1.99. The van der Waals surface area contributed by atoms with E-state index in [9.17, 15) is 4.79 Å². The molecule has 18 heavy (non-hydrogen) atoms. The summed E-state index contributed by atoms with van der Waals surface area (Å²) in [4.78, 5) is 20.0. The van der Waals surface area contributed by atoms with Crippen LogP contribution in [0.2, 0.25) is 5.15 Å². The van der Waals surface area contributed by atoms with E-state index in [1.165, 1.54) is 13.3 Å². The number of rotatable bonds is 2. The second kappa shape index (κ2) is 4.24. The highest BCUT2D eigenvalue weighted by atomic mass is 35.5. The van der Waals surface area contributed by atoms with Gasteiger partial charge in [0.2, 0.25) is 11.9 Å². The fraction of sp³-hybridized carbons (Fsp3) is 0.417. The highest BCUT2D eigenvalue weighted by Crippen LogP contribution is 2.36. The molecule has 0 spiro atoms. The molecule has 2 heterocycles. The molecule has 1 amide bonds. The number of carbonyl (C=O) groups excluding carboxylic acids is 1. The molecular weight excluding hydrogens is 252 g/mol. The standard InChI is InChI=1S/C12H13ClN4O/c1-7(18)14-12-15-9-5-6-10(13)16-11(9)17(12)8-3-2-4-8/h5-6,8H,2-4H2,1H3,(H,14,15,18). The SMILES string of the molecule is CC(=O)Nc1nc2ccc(Cl)nc2n1C1CCC1. The predicted octanol–water partition coefficient (Wildman–Crippen LogP) is 2.77. The van der Waals surface area contributed by atoms with Gasteiger partial charge in [-0.25, -0.2) is 9.97 Å². The molecule has 0 radical (unpaired) electrons. The number of fused-ring (bicyclic) bond motifs is 1. The van der Waals surface area contributed by atoms with E-state index in [2.05, 4.69) is 15.3 Å². The van der Waals surface area contributed by atoms with Gasteiger partial charge in [0.05, 0.1) is 0 Å². The lowest BCUT2D eigenvalue weighted by Gasteiger charge is -2.28. The minimum Gasteiger partial charge on any atom is -0.296 e. The molecule has 1 N–H and O–H groups in total. The first-order valence-corrected chi connectivity index (χ1v) is 6.35. The quantitative estimate of drug-likeness (QED) is 0.849. The number of halogens is 1. The predicted molar refractivity (Wildman–Crippen MR) is 69.7 cm³/mol. The summed E-state index contributed by atoms with van der Waals surface area (Å²) in [6, 6.07) is 3.90. The maximum absolute atomic E-state index is 11.2. The van der Waals surface area contributed by atoms with Gasteiger partial charge in [-0.2, -0.15) is 0 Å². The van der Waals surface area contributed by atoms with Gasteiger partial charge in [-0.3, -0.25) is 14.7 Å². The maximum atomic E-state index is 11.2. The Morgan fingerprint density at radius 1 is 1.44 bits per heavy atom. The van der Waals surface area contributed by atoms with E-state index in [1.807, 2.05) is 10.6 Å². The fourth-order valence-corrected chi connectivity index (χ4v) is 2.33. The molecule has 1 saturated carbocycles. The number of imidazole rings is 1. The Balaban J connectivity index is 2.17. The van der Waals surface area contributed by atoms with Crippen molar-refractivity contribution in [2.24, 2.45) is 0 Å². The number of anilines is 1. The lowest BCUT2D eigenvalue weighted by atomic mass is 9.93. The van der Waals surface area contributed by atoms with E-state index in [4.69, 9.17) is 11.6 Å². The molecule has 94 valence electrons. The number of nitrogens with zero attached hydrogens (tertiary/aromatic N) is 3. The van der Waals surface area contributed by atoms with Crippen molar-refractivity contribution in [3.63, 3.8) is 0 Å². The summed E-state index contributed by atoms with van der Waals surface area (Å²) in [5.74, 6) is 0.439. The van der Waals surface area contributed by atoms with Crippen LogP contribution < -0.4 is 5.32 Å². The summed E-state index contributed by atoms with van der Waals surface area (Å²) >= 11 is 5.93. The number of aromatic nitrogens is 3. The van der Waals surface area contributed by atoms with Gasteiger partial charge in [-0.05, 0) is 31.4 Å². The molecule has 0 aromatic carbocycles. The third-order valence-electron chi connectivity index (χ3n) is 3.23. The zero-order valence-electron chi connectivity index (χ0n) is 9.98. The summed E-state index contributed by atoms with van der Waals surface area (Å²) in [6.45, 7) is 1.48. The number of amides is 1. The smallest absolute Gasteiger partial charge is 0.223 e. The molecule has 1 fully saturated rings. The first-order chi connectivity index (χ1) is 8.65. The summed E-state index contributed by atoms with van der Waals surface area (Å²) in [5, 5.41) is 3.20. The van der Waals surface area contributed by atoms with Crippen LogP contribution in [0, 0.1) is 0 Å². The van der Waals surface area contributed by atoms with E-state index in [1.54, 1.807) is 6.07 Å². The van der Waals surface area contributed by atoms with Gasteiger partial charge in [0.15, 0.2) is 5.65 Å². The van der Waals surface area contributed by atoms with Crippen LogP contribution in [0.3, 0.4) is 0 Å². The maximum Gasteiger partial charge on any atom is 0.223 e. The number of hydrogen-bond acceptors (Lipinski definition) is 3. The summed E-state index contributed by atoms with van der Waals surface area (Å²) in [7, 11) is 0. The van der Waals surface area contributed by atoms with Crippen molar-refractivity contribution in [1.82, 2.24) is 14.5 Å². The van der Waals surface area contributed by atoms with Crippen LogP contribution in [0.15, 0.2) is 12.1 Å². The van der Waals surface area contributed by atoms with Crippen molar-refractivity contribution in [3.8, 4) is 0 Å². The molecule has 2 aromatic heterocycles. The first kappa shape index (κ1) is 11.5. The minimum absolute atomic E-state index is 0.128. The van der Waals surface area contributed by atoms with E-state index in [-0.39, 0.29) is 5.91 Å². The fourth-order valence-electron chi connectivity index (χ4n) is 2.19. The van der Waals surface area contributed by atoms with Gasteiger partial charge >= 0.3 is 0 Å². The van der Waals surface area contributed by atoms with Crippen molar-refractivity contribution in [2.45, 2.75) is 32.2 Å². The Morgan fingerprint density at radius 3 is 2.83 bits per heavy atom. The molecule has 3 rings (SSSR count).